The van der Waals surface area contributed by atoms with E-state index in [4.69, 9.17) is 0 Å². The molecule has 2 rings (SSSR count). The van der Waals surface area contributed by atoms with Crippen molar-refractivity contribution in [3.63, 3.8) is 0 Å². The first-order valence-electron chi connectivity index (χ1n) is 6.98. The molecule has 1 aromatic carbocycles. The van der Waals surface area contributed by atoms with Gasteiger partial charge in [-0.15, -0.1) is 0 Å². The number of hydrogen-bond donors (Lipinski definition) is 2. The molecule has 1 aromatic rings. The lowest BCUT2D eigenvalue weighted by atomic mass is 9.93. The fraction of sp³-hybridized carbons (Fsp3) is 0.533. The second-order valence-corrected chi connectivity index (χ2v) is 5.48. The first-order valence-corrected chi connectivity index (χ1v) is 6.98. The normalized spacial score (nSPS) is 17.9. The maximum atomic E-state index is 13.8. The Balaban J connectivity index is 2.19. The van der Waals surface area contributed by atoms with Gasteiger partial charge in [0.05, 0.1) is 16.9 Å². The van der Waals surface area contributed by atoms with E-state index in [1.807, 2.05) is 6.92 Å². The first kappa shape index (κ1) is 14.8. The summed E-state index contributed by atoms with van der Waals surface area (Å²) in [6.45, 7) is 5.18. The van der Waals surface area contributed by atoms with Crippen molar-refractivity contribution in [2.75, 3.05) is 25.0 Å². The summed E-state index contributed by atoms with van der Waals surface area (Å²) in [5.74, 6) is -0.599. The van der Waals surface area contributed by atoms with Gasteiger partial charge in [-0.2, -0.15) is 0 Å². The van der Waals surface area contributed by atoms with E-state index in [2.05, 4.69) is 5.32 Å². The zero-order valence-electron chi connectivity index (χ0n) is 11.9. The van der Waals surface area contributed by atoms with Crippen LogP contribution in [0.3, 0.4) is 0 Å². The van der Waals surface area contributed by atoms with E-state index in [0.717, 1.165) is 0 Å². The number of nitrogens with one attached hydrogen (secondary N) is 1. The number of carbonyl (C=O) groups excluding carboxylic acids is 1. The van der Waals surface area contributed by atoms with E-state index in [9.17, 15) is 14.3 Å². The Morgan fingerprint density at radius 1 is 1.45 bits per heavy atom. The number of para-hydroxylation sites is 1. The van der Waals surface area contributed by atoms with Crippen molar-refractivity contribution in [2.24, 2.45) is 0 Å². The average molecular weight is 280 g/mol. The van der Waals surface area contributed by atoms with Crippen LogP contribution in [0.4, 0.5) is 10.1 Å². The highest BCUT2D eigenvalue weighted by molar-refractivity contribution is 5.99. The van der Waals surface area contributed by atoms with E-state index >= 15 is 0 Å². The van der Waals surface area contributed by atoms with Gasteiger partial charge in [-0.25, -0.2) is 4.39 Å². The molecule has 0 aliphatic carbocycles. The lowest BCUT2D eigenvalue weighted by molar-refractivity contribution is -0.00200. The summed E-state index contributed by atoms with van der Waals surface area (Å²) in [6.07, 6.45) is 1.09. The van der Waals surface area contributed by atoms with Crippen LogP contribution in [0.2, 0.25) is 0 Å². The molecular weight excluding hydrogens is 259 g/mol. The molecule has 2 N–H and O–H groups in total. The summed E-state index contributed by atoms with van der Waals surface area (Å²) >= 11 is 0. The zero-order chi connectivity index (χ0) is 14.8. The highest BCUT2D eigenvalue weighted by atomic mass is 19.1. The standard InChI is InChI=1S/C15H21FN2O2/c1-3-17-13-11(5-4-6-12(13)16)14(19)18-9-7-15(2,20)8-10-18/h4-6,17,20H,3,7-10H2,1-2H3. The molecule has 110 valence electrons. The van der Waals surface area contributed by atoms with Crippen LogP contribution in [0.15, 0.2) is 18.2 Å². The van der Waals surface area contributed by atoms with Crippen LogP contribution in [0.25, 0.3) is 0 Å². The molecule has 0 aromatic heterocycles. The molecule has 20 heavy (non-hydrogen) atoms. The van der Waals surface area contributed by atoms with Gasteiger partial charge in [-0.3, -0.25) is 4.79 Å². The number of rotatable bonds is 3. The van der Waals surface area contributed by atoms with Crippen molar-refractivity contribution >= 4 is 11.6 Å². The van der Waals surface area contributed by atoms with Crippen molar-refractivity contribution in [3.05, 3.63) is 29.6 Å². The first-order chi connectivity index (χ1) is 9.44. The van der Waals surface area contributed by atoms with Gasteiger partial charge in [-0.05, 0) is 38.8 Å². The molecule has 1 aliphatic heterocycles. The summed E-state index contributed by atoms with van der Waals surface area (Å²) in [4.78, 5) is 14.2. The number of halogens is 1. The third-order valence-electron chi connectivity index (χ3n) is 3.73. The van der Waals surface area contributed by atoms with E-state index < -0.39 is 11.4 Å². The van der Waals surface area contributed by atoms with Crippen molar-refractivity contribution in [2.45, 2.75) is 32.3 Å². The molecule has 1 fully saturated rings. The highest BCUT2D eigenvalue weighted by Crippen LogP contribution is 2.26. The SMILES string of the molecule is CCNc1c(F)cccc1C(=O)N1CCC(C)(O)CC1. The van der Waals surface area contributed by atoms with Gasteiger partial charge in [0.2, 0.25) is 0 Å². The molecule has 4 nitrogen and oxygen atoms in total. The Bertz CT molecular complexity index is 493. The smallest absolute Gasteiger partial charge is 0.256 e. The summed E-state index contributed by atoms with van der Waals surface area (Å²) in [5.41, 5.74) is -0.0887. The molecule has 0 spiro atoms. The minimum atomic E-state index is -0.705. The fourth-order valence-corrected chi connectivity index (χ4v) is 2.42. The number of aliphatic hydroxyl groups is 1. The molecule has 0 bridgehead atoms. The number of hydrogen-bond acceptors (Lipinski definition) is 3. The molecule has 1 aliphatic rings. The summed E-state index contributed by atoms with van der Waals surface area (Å²) < 4.78 is 13.8. The number of nitrogens with zero attached hydrogens (tertiary/aromatic N) is 1. The Hall–Kier alpha value is -1.62. The van der Waals surface area contributed by atoms with E-state index in [-0.39, 0.29) is 11.6 Å². The number of likely N-dealkylation sites (tertiary alicyclic amines) is 1. The van der Waals surface area contributed by atoms with Crippen LogP contribution >= 0.6 is 0 Å². The van der Waals surface area contributed by atoms with Gasteiger partial charge in [0.25, 0.3) is 5.91 Å². The highest BCUT2D eigenvalue weighted by Gasteiger charge is 2.31. The second kappa shape index (κ2) is 5.79. The van der Waals surface area contributed by atoms with Gasteiger partial charge < -0.3 is 15.3 Å². The van der Waals surface area contributed by atoms with Crippen LogP contribution in [0.1, 0.15) is 37.0 Å². The van der Waals surface area contributed by atoms with Crippen LogP contribution in [0.5, 0.6) is 0 Å². The van der Waals surface area contributed by atoms with Gasteiger partial charge in [0.1, 0.15) is 5.82 Å². The third kappa shape index (κ3) is 3.10. The maximum absolute atomic E-state index is 13.8. The summed E-state index contributed by atoms with van der Waals surface area (Å²) in [5, 5.41) is 12.8. The number of anilines is 1. The second-order valence-electron chi connectivity index (χ2n) is 5.48. The van der Waals surface area contributed by atoms with Crippen LogP contribution in [-0.4, -0.2) is 41.1 Å². The minimum absolute atomic E-state index is 0.184. The molecule has 0 unspecified atom stereocenters. The Kier molecular flexibility index (Phi) is 4.28. The maximum Gasteiger partial charge on any atom is 0.256 e. The van der Waals surface area contributed by atoms with Gasteiger partial charge >= 0.3 is 0 Å². The van der Waals surface area contributed by atoms with Crippen LogP contribution < -0.4 is 5.32 Å². The van der Waals surface area contributed by atoms with Gasteiger partial charge in [0.15, 0.2) is 0 Å². The van der Waals surface area contributed by atoms with Crippen molar-refractivity contribution in [1.29, 1.82) is 0 Å². The Morgan fingerprint density at radius 2 is 2.10 bits per heavy atom. The predicted octanol–water partition coefficient (Wildman–Crippen LogP) is 2.24. The van der Waals surface area contributed by atoms with Crippen LogP contribution in [-0.2, 0) is 0 Å². The molecule has 0 saturated carbocycles. The molecule has 0 radical (unpaired) electrons. The zero-order valence-corrected chi connectivity index (χ0v) is 11.9. The van der Waals surface area contributed by atoms with E-state index in [1.165, 1.54) is 6.07 Å². The monoisotopic (exact) mass is 280 g/mol. The largest absolute Gasteiger partial charge is 0.390 e. The van der Waals surface area contributed by atoms with E-state index in [0.29, 0.717) is 38.0 Å². The minimum Gasteiger partial charge on any atom is -0.390 e. The lowest BCUT2D eigenvalue weighted by Crippen LogP contribution is -2.45. The van der Waals surface area contributed by atoms with Gasteiger partial charge in [-0.1, -0.05) is 6.07 Å². The molecule has 5 heteroatoms. The number of benzene rings is 1. The molecule has 1 saturated heterocycles. The topological polar surface area (TPSA) is 52.6 Å². The number of piperidine rings is 1. The average Bonchev–Trinajstić information content (AvgIpc) is 2.40. The fourth-order valence-electron chi connectivity index (χ4n) is 2.42. The van der Waals surface area contributed by atoms with Crippen molar-refractivity contribution in [3.8, 4) is 0 Å². The van der Waals surface area contributed by atoms with Crippen molar-refractivity contribution < 1.29 is 14.3 Å². The van der Waals surface area contributed by atoms with Crippen molar-refractivity contribution in [1.82, 2.24) is 4.90 Å². The van der Waals surface area contributed by atoms with Crippen LogP contribution in [0, 0.1) is 5.82 Å². The summed E-state index contributed by atoms with van der Waals surface area (Å²) in [7, 11) is 0. The number of carbonyl (C=O) groups is 1. The predicted molar refractivity (Wildman–Crippen MR) is 76.3 cm³/mol. The quantitative estimate of drug-likeness (QED) is 0.893. The molecule has 0 atom stereocenters. The Labute approximate surface area is 118 Å². The number of amides is 1. The lowest BCUT2D eigenvalue weighted by Gasteiger charge is -2.36. The molecular formula is C15H21FN2O2. The third-order valence-corrected chi connectivity index (χ3v) is 3.73. The molecule has 1 amide bonds. The van der Waals surface area contributed by atoms with Gasteiger partial charge in [0, 0.05) is 19.6 Å². The summed E-state index contributed by atoms with van der Waals surface area (Å²) in [6, 6.07) is 4.52. The molecule has 1 heterocycles. The van der Waals surface area contributed by atoms with E-state index in [1.54, 1.807) is 24.0 Å². The Morgan fingerprint density at radius 3 is 2.70 bits per heavy atom.